The zero-order valence-corrected chi connectivity index (χ0v) is 13.8. The molecule has 0 spiro atoms. The predicted molar refractivity (Wildman–Crippen MR) is 86.0 cm³/mol. The molecule has 2 unspecified atom stereocenters. The Hall–Kier alpha value is -1.62. The van der Waals surface area contributed by atoms with E-state index in [2.05, 4.69) is 10.6 Å². The third-order valence-corrected chi connectivity index (χ3v) is 3.58. The standard InChI is InChI=1S/C17H27FN2O2/c1-12(9-10-21)11-19-16(22)20-15(17(2,3)4)13-5-7-14(18)8-6-13/h5-8,12,15,21H,9-11H2,1-4H3,(H2,19,20,22). The summed E-state index contributed by atoms with van der Waals surface area (Å²) >= 11 is 0. The molecule has 2 atom stereocenters. The molecular weight excluding hydrogens is 283 g/mol. The van der Waals surface area contributed by atoms with Crippen LogP contribution in [0.2, 0.25) is 0 Å². The van der Waals surface area contributed by atoms with Crippen molar-refractivity contribution < 1.29 is 14.3 Å². The van der Waals surface area contributed by atoms with Crippen molar-refractivity contribution in [3.05, 3.63) is 35.6 Å². The van der Waals surface area contributed by atoms with Gasteiger partial charge in [0.05, 0.1) is 6.04 Å². The molecule has 0 fully saturated rings. The lowest BCUT2D eigenvalue weighted by atomic mass is 9.82. The molecule has 22 heavy (non-hydrogen) atoms. The highest BCUT2D eigenvalue weighted by atomic mass is 19.1. The monoisotopic (exact) mass is 310 g/mol. The Morgan fingerprint density at radius 3 is 2.36 bits per heavy atom. The van der Waals surface area contributed by atoms with Crippen LogP contribution in [0.15, 0.2) is 24.3 Å². The molecule has 1 aromatic carbocycles. The van der Waals surface area contributed by atoms with Gasteiger partial charge in [0.25, 0.3) is 0 Å². The van der Waals surface area contributed by atoms with Gasteiger partial charge in [0, 0.05) is 13.2 Å². The molecule has 0 saturated carbocycles. The van der Waals surface area contributed by atoms with Gasteiger partial charge in [0.1, 0.15) is 5.82 Å². The van der Waals surface area contributed by atoms with E-state index in [1.165, 1.54) is 12.1 Å². The Balaban J connectivity index is 2.70. The van der Waals surface area contributed by atoms with Crippen molar-refractivity contribution >= 4 is 6.03 Å². The minimum absolute atomic E-state index is 0.116. The van der Waals surface area contributed by atoms with Gasteiger partial charge < -0.3 is 15.7 Å². The number of nitrogens with one attached hydrogen (secondary N) is 2. The smallest absolute Gasteiger partial charge is 0.315 e. The van der Waals surface area contributed by atoms with E-state index in [0.29, 0.717) is 13.0 Å². The number of rotatable bonds is 6. The number of hydrogen-bond acceptors (Lipinski definition) is 2. The minimum atomic E-state index is -0.293. The van der Waals surface area contributed by atoms with E-state index in [1.54, 1.807) is 12.1 Å². The van der Waals surface area contributed by atoms with Crippen molar-refractivity contribution in [1.29, 1.82) is 0 Å². The first-order valence-corrected chi connectivity index (χ1v) is 7.64. The average molecular weight is 310 g/mol. The second kappa shape index (κ2) is 8.13. The highest BCUT2D eigenvalue weighted by Gasteiger charge is 2.27. The zero-order valence-electron chi connectivity index (χ0n) is 13.8. The lowest BCUT2D eigenvalue weighted by molar-refractivity contribution is 0.214. The third kappa shape index (κ3) is 6.02. The van der Waals surface area contributed by atoms with Gasteiger partial charge in [-0.25, -0.2) is 9.18 Å². The lowest BCUT2D eigenvalue weighted by Gasteiger charge is -2.32. The predicted octanol–water partition coefficient (Wildman–Crippen LogP) is 3.23. The SMILES string of the molecule is CC(CCO)CNC(=O)NC(c1ccc(F)cc1)C(C)(C)C. The van der Waals surface area contributed by atoms with Crippen LogP contribution in [0, 0.1) is 17.2 Å². The highest BCUT2D eigenvalue weighted by molar-refractivity contribution is 5.74. The number of urea groups is 1. The summed E-state index contributed by atoms with van der Waals surface area (Å²) in [6.45, 7) is 8.66. The Morgan fingerprint density at radius 2 is 1.86 bits per heavy atom. The van der Waals surface area contributed by atoms with Crippen LogP contribution in [0.3, 0.4) is 0 Å². The van der Waals surface area contributed by atoms with Crippen LogP contribution in [0.1, 0.15) is 45.7 Å². The number of hydrogen-bond donors (Lipinski definition) is 3. The van der Waals surface area contributed by atoms with Gasteiger partial charge in [-0.2, -0.15) is 0 Å². The molecule has 0 aliphatic rings. The Morgan fingerprint density at radius 1 is 1.27 bits per heavy atom. The maximum absolute atomic E-state index is 13.1. The fourth-order valence-corrected chi connectivity index (χ4v) is 2.23. The number of carbonyl (C=O) groups excluding carboxylic acids is 1. The van der Waals surface area contributed by atoms with Crippen LogP contribution in [-0.2, 0) is 0 Å². The molecule has 0 heterocycles. The molecular formula is C17H27FN2O2. The molecule has 1 aromatic rings. The first kappa shape index (κ1) is 18.4. The van der Waals surface area contributed by atoms with Gasteiger partial charge in [-0.1, -0.05) is 39.8 Å². The van der Waals surface area contributed by atoms with E-state index in [0.717, 1.165) is 5.56 Å². The van der Waals surface area contributed by atoms with Gasteiger partial charge in [-0.3, -0.25) is 0 Å². The number of aliphatic hydroxyl groups is 1. The first-order valence-electron chi connectivity index (χ1n) is 7.64. The van der Waals surface area contributed by atoms with Gasteiger partial charge in [0.15, 0.2) is 0 Å². The molecule has 0 bridgehead atoms. The second-order valence-corrected chi connectivity index (χ2v) is 6.82. The van der Waals surface area contributed by atoms with E-state index in [4.69, 9.17) is 5.11 Å². The van der Waals surface area contributed by atoms with Crippen molar-refractivity contribution in [2.45, 2.75) is 40.2 Å². The van der Waals surface area contributed by atoms with Crippen LogP contribution >= 0.6 is 0 Å². The van der Waals surface area contributed by atoms with Crippen LogP contribution < -0.4 is 10.6 Å². The molecule has 0 aliphatic carbocycles. The molecule has 124 valence electrons. The Kier molecular flexibility index (Phi) is 6.81. The fourth-order valence-electron chi connectivity index (χ4n) is 2.23. The van der Waals surface area contributed by atoms with Crippen LogP contribution in [0.25, 0.3) is 0 Å². The van der Waals surface area contributed by atoms with Crippen LogP contribution in [-0.4, -0.2) is 24.3 Å². The van der Waals surface area contributed by atoms with Crippen molar-refractivity contribution in [3.8, 4) is 0 Å². The molecule has 2 amide bonds. The summed E-state index contributed by atoms with van der Waals surface area (Å²) in [7, 11) is 0. The molecule has 0 aliphatic heterocycles. The van der Waals surface area contributed by atoms with Crippen molar-refractivity contribution in [1.82, 2.24) is 10.6 Å². The summed E-state index contributed by atoms with van der Waals surface area (Å²) in [6.07, 6.45) is 0.654. The maximum Gasteiger partial charge on any atom is 0.315 e. The maximum atomic E-state index is 13.1. The fraction of sp³-hybridized carbons (Fsp3) is 0.588. The van der Waals surface area contributed by atoms with Gasteiger partial charge in [-0.15, -0.1) is 0 Å². The van der Waals surface area contributed by atoms with E-state index >= 15 is 0 Å². The summed E-state index contributed by atoms with van der Waals surface area (Å²) < 4.78 is 13.1. The summed E-state index contributed by atoms with van der Waals surface area (Å²) in [5.41, 5.74) is 0.666. The molecule has 4 nitrogen and oxygen atoms in total. The number of amides is 2. The van der Waals surface area contributed by atoms with Crippen LogP contribution in [0.5, 0.6) is 0 Å². The van der Waals surface area contributed by atoms with Gasteiger partial charge in [0.2, 0.25) is 0 Å². The molecule has 5 heteroatoms. The summed E-state index contributed by atoms with van der Waals surface area (Å²) in [6, 6.07) is 5.71. The topological polar surface area (TPSA) is 61.4 Å². The van der Waals surface area contributed by atoms with Gasteiger partial charge in [-0.05, 0) is 35.4 Å². The highest BCUT2D eigenvalue weighted by Crippen LogP contribution is 2.32. The van der Waals surface area contributed by atoms with E-state index < -0.39 is 0 Å². The Labute approximate surface area is 132 Å². The third-order valence-electron chi connectivity index (χ3n) is 3.58. The normalized spacial score (nSPS) is 14.3. The quantitative estimate of drug-likeness (QED) is 0.755. The molecule has 0 saturated heterocycles. The second-order valence-electron chi connectivity index (χ2n) is 6.82. The summed E-state index contributed by atoms with van der Waals surface area (Å²) in [5.74, 6) is -0.0756. The van der Waals surface area contributed by atoms with E-state index in [-0.39, 0.29) is 35.8 Å². The molecule has 1 rings (SSSR count). The molecule has 3 N–H and O–H groups in total. The summed E-state index contributed by atoms with van der Waals surface area (Å²) in [5, 5.41) is 14.6. The van der Waals surface area contributed by atoms with Crippen LogP contribution in [0.4, 0.5) is 9.18 Å². The largest absolute Gasteiger partial charge is 0.396 e. The zero-order chi connectivity index (χ0) is 16.8. The van der Waals surface area contributed by atoms with Gasteiger partial charge >= 0.3 is 6.03 Å². The number of carbonyl (C=O) groups is 1. The Bertz CT molecular complexity index is 469. The number of benzene rings is 1. The molecule has 0 aromatic heterocycles. The average Bonchev–Trinajstić information content (AvgIpc) is 2.43. The lowest BCUT2D eigenvalue weighted by Crippen LogP contribution is -2.43. The number of aliphatic hydroxyl groups excluding tert-OH is 1. The van der Waals surface area contributed by atoms with Crippen molar-refractivity contribution in [2.75, 3.05) is 13.2 Å². The van der Waals surface area contributed by atoms with E-state index in [9.17, 15) is 9.18 Å². The van der Waals surface area contributed by atoms with Crippen molar-refractivity contribution in [3.63, 3.8) is 0 Å². The summed E-state index contributed by atoms with van der Waals surface area (Å²) in [4.78, 5) is 12.1. The first-order chi connectivity index (χ1) is 10.2. The van der Waals surface area contributed by atoms with Crippen molar-refractivity contribution in [2.24, 2.45) is 11.3 Å². The molecule has 0 radical (unpaired) electrons. The van der Waals surface area contributed by atoms with E-state index in [1.807, 2.05) is 27.7 Å². The number of halogens is 1. The minimum Gasteiger partial charge on any atom is -0.396 e.